The minimum atomic E-state index is -0.545. The van der Waals surface area contributed by atoms with E-state index in [1.165, 1.54) is 0 Å². The van der Waals surface area contributed by atoms with Crippen LogP contribution in [-0.4, -0.2) is 0 Å². The first-order chi connectivity index (χ1) is 9.30. The van der Waals surface area contributed by atoms with E-state index in [9.17, 15) is 5.26 Å². The Morgan fingerprint density at radius 1 is 1.00 bits per heavy atom. The third-order valence-electron chi connectivity index (χ3n) is 3.41. The number of hydrogen-bond donors (Lipinski definition) is 0. The summed E-state index contributed by atoms with van der Waals surface area (Å²) in [6.07, 6.45) is 4.80. The standard InChI is InChI=1S/C18H17N/c1-2-18(15-19,17-11-7-4-8-12-17)14-13-16-9-5-3-6-10-16/h3-14H,2H2,1H3. The predicted octanol–water partition coefficient (Wildman–Crippen LogP) is 4.57. The molecule has 0 fully saturated rings. The van der Waals surface area contributed by atoms with Crippen molar-refractivity contribution < 1.29 is 0 Å². The lowest BCUT2D eigenvalue weighted by atomic mass is 9.79. The zero-order valence-electron chi connectivity index (χ0n) is 11.1. The van der Waals surface area contributed by atoms with Crippen molar-refractivity contribution in [3.05, 3.63) is 77.9 Å². The number of nitriles is 1. The minimum absolute atomic E-state index is 0.545. The van der Waals surface area contributed by atoms with E-state index in [-0.39, 0.29) is 0 Å². The van der Waals surface area contributed by atoms with Gasteiger partial charge in [0, 0.05) is 0 Å². The summed E-state index contributed by atoms with van der Waals surface area (Å²) in [5, 5.41) is 9.61. The zero-order valence-corrected chi connectivity index (χ0v) is 11.1. The van der Waals surface area contributed by atoms with Crippen molar-refractivity contribution in [3.8, 4) is 6.07 Å². The summed E-state index contributed by atoms with van der Waals surface area (Å²) in [5.74, 6) is 0. The van der Waals surface area contributed by atoms with Crippen LogP contribution < -0.4 is 0 Å². The van der Waals surface area contributed by atoms with Crippen molar-refractivity contribution in [2.75, 3.05) is 0 Å². The molecule has 0 heterocycles. The Labute approximate surface area is 114 Å². The number of rotatable bonds is 4. The summed E-state index contributed by atoms with van der Waals surface area (Å²) in [6, 6.07) is 22.5. The molecule has 0 aliphatic heterocycles. The Kier molecular flexibility index (Phi) is 4.15. The second-order valence-electron chi connectivity index (χ2n) is 4.55. The molecule has 0 aromatic heterocycles. The van der Waals surface area contributed by atoms with Gasteiger partial charge in [0.2, 0.25) is 0 Å². The van der Waals surface area contributed by atoms with Crippen molar-refractivity contribution in [2.24, 2.45) is 0 Å². The van der Waals surface area contributed by atoms with E-state index >= 15 is 0 Å². The van der Waals surface area contributed by atoms with E-state index in [1.54, 1.807) is 0 Å². The number of nitrogens with zero attached hydrogens (tertiary/aromatic N) is 1. The second-order valence-corrected chi connectivity index (χ2v) is 4.55. The molecule has 2 aromatic carbocycles. The first kappa shape index (κ1) is 13.1. The van der Waals surface area contributed by atoms with Gasteiger partial charge in [0.15, 0.2) is 0 Å². The SMILES string of the molecule is CCC(C#N)(C=Cc1ccccc1)c1ccccc1. The molecule has 1 atom stereocenters. The highest BCUT2D eigenvalue weighted by atomic mass is 14.4. The fourth-order valence-electron chi connectivity index (χ4n) is 2.14. The molecule has 2 aromatic rings. The van der Waals surface area contributed by atoms with Crippen molar-refractivity contribution in [1.29, 1.82) is 5.26 Å². The average molecular weight is 247 g/mol. The molecule has 1 heteroatoms. The Balaban J connectivity index is 2.37. The summed E-state index contributed by atoms with van der Waals surface area (Å²) in [5.41, 5.74) is 1.62. The highest BCUT2D eigenvalue weighted by Crippen LogP contribution is 2.29. The normalized spacial score (nSPS) is 13.9. The maximum absolute atomic E-state index is 9.61. The molecule has 0 radical (unpaired) electrons. The molecule has 1 unspecified atom stereocenters. The van der Waals surface area contributed by atoms with Gasteiger partial charge >= 0.3 is 0 Å². The molecule has 19 heavy (non-hydrogen) atoms. The van der Waals surface area contributed by atoms with Crippen LogP contribution in [-0.2, 0) is 5.41 Å². The lowest BCUT2D eigenvalue weighted by Crippen LogP contribution is -2.19. The molecule has 0 spiro atoms. The Hall–Kier alpha value is -2.33. The summed E-state index contributed by atoms with van der Waals surface area (Å²) in [7, 11) is 0. The highest BCUT2D eigenvalue weighted by molar-refractivity contribution is 5.54. The van der Waals surface area contributed by atoms with Gasteiger partial charge in [-0.25, -0.2) is 0 Å². The Morgan fingerprint density at radius 3 is 2.11 bits per heavy atom. The van der Waals surface area contributed by atoms with E-state index in [2.05, 4.69) is 6.07 Å². The van der Waals surface area contributed by atoms with Crippen LogP contribution >= 0.6 is 0 Å². The maximum atomic E-state index is 9.61. The van der Waals surface area contributed by atoms with Crippen LogP contribution in [0.5, 0.6) is 0 Å². The van der Waals surface area contributed by atoms with Crippen LogP contribution in [0.3, 0.4) is 0 Å². The lowest BCUT2D eigenvalue weighted by Gasteiger charge is -2.21. The first-order valence-electron chi connectivity index (χ1n) is 6.52. The molecular weight excluding hydrogens is 230 g/mol. The third-order valence-corrected chi connectivity index (χ3v) is 3.41. The van der Waals surface area contributed by atoms with Crippen LogP contribution in [0.4, 0.5) is 0 Å². The molecule has 94 valence electrons. The van der Waals surface area contributed by atoms with Crippen LogP contribution in [0.25, 0.3) is 6.08 Å². The molecule has 0 aliphatic rings. The quantitative estimate of drug-likeness (QED) is 0.776. The molecule has 0 amide bonds. The van der Waals surface area contributed by atoms with E-state index < -0.39 is 5.41 Å². The summed E-state index contributed by atoms with van der Waals surface area (Å²) < 4.78 is 0. The summed E-state index contributed by atoms with van der Waals surface area (Å²) in [4.78, 5) is 0. The monoisotopic (exact) mass is 247 g/mol. The van der Waals surface area contributed by atoms with Crippen molar-refractivity contribution in [1.82, 2.24) is 0 Å². The predicted molar refractivity (Wildman–Crippen MR) is 79.5 cm³/mol. The molecule has 2 rings (SSSR count). The van der Waals surface area contributed by atoms with E-state index in [0.717, 1.165) is 17.5 Å². The van der Waals surface area contributed by atoms with Gasteiger partial charge in [0.1, 0.15) is 5.41 Å². The van der Waals surface area contributed by atoms with Crippen molar-refractivity contribution >= 4 is 6.08 Å². The van der Waals surface area contributed by atoms with Gasteiger partial charge in [-0.05, 0) is 17.5 Å². The van der Waals surface area contributed by atoms with E-state index in [0.29, 0.717) is 0 Å². The van der Waals surface area contributed by atoms with Crippen LogP contribution in [0.1, 0.15) is 24.5 Å². The van der Waals surface area contributed by atoms with Gasteiger partial charge < -0.3 is 0 Å². The van der Waals surface area contributed by atoms with Crippen LogP contribution in [0, 0.1) is 11.3 Å². The van der Waals surface area contributed by atoms with Gasteiger partial charge in [-0.3, -0.25) is 0 Å². The average Bonchev–Trinajstić information content (AvgIpc) is 2.51. The largest absolute Gasteiger partial charge is 0.197 e. The molecule has 0 saturated carbocycles. The topological polar surface area (TPSA) is 23.8 Å². The maximum Gasteiger partial charge on any atom is 0.100 e. The van der Waals surface area contributed by atoms with Gasteiger partial charge in [0.05, 0.1) is 6.07 Å². The fourth-order valence-corrected chi connectivity index (χ4v) is 2.14. The Morgan fingerprint density at radius 2 is 1.58 bits per heavy atom. The molecular formula is C18H17N. The van der Waals surface area contributed by atoms with E-state index in [4.69, 9.17) is 0 Å². The van der Waals surface area contributed by atoms with Gasteiger partial charge in [-0.15, -0.1) is 0 Å². The smallest absolute Gasteiger partial charge is 0.100 e. The summed E-state index contributed by atoms with van der Waals surface area (Å²) >= 11 is 0. The third kappa shape index (κ3) is 2.92. The number of allylic oxidation sites excluding steroid dienone is 1. The highest BCUT2D eigenvalue weighted by Gasteiger charge is 2.26. The van der Waals surface area contributed by atoms with Crippen LogP contribution in [0.15, 0.2) is 66.7 Å². The lowest BCUT2D eigenvalue weighted by molar-refractivity contribution is 0.660. The number of hydrogen-bond acceptors (Lipinski definition) is 1. The van der Waals surface area contributed by atoms with Gasteiger partial charge in [0.25, 0.3) is 0 Å². The minimum Gasteiger partial charge on any atom is -0.197 e. The van der Waals surface area contributed by atoms with Crippen molar-refractivity contribution in [3.63, 3.8) is 0 Å². The van der Waals surface area contributed by atoms with Crippen molar-refractivity contribution in [2.45, 2.75) is 18.8 Å². The molecule has 0 saturated heterocycles. The summed E-state index contributed by atoms with van der Waals surface area (Å²) in [6.45, 7) is 2.05. The van der Waals surface area contributed by atoms with Gasteiger partial charge in [-0.2, -0.15) is 5.26 Å². The number of benzene rings is 2. The van der Waals surface area contributed by atoms with Gasteiger partial charge in [-0.1, -0.05) is 79.7 Å². The molecule has 1 nitrogen and oxygen atoms in total. The first-order valence-corrected chi connectivity index (χ1v) is 6.52. The molecule has 0 aliphatic carbocycles. The second kappa shape index (κ2) is 6.02. The molecule has 0 N–H and O–H groups in total. The fraction of sp³-hybridized carbons (Fsp3) is 0.167. The van der Waals surface area contributed by atoms with Crippen LogP contribution in [0.2, 0.25) is 0 Å². The zero-order chi connectivity index (χ0) is 13.6. The van der Waals surface area contributed by atoms with E-state index in [1.807, 2.05) is 79.7 Å². The Bertz CT molecular complexity index is 578. The molecule has 0 bridgehead atoms.